The number of pyridine rings is 1. The van der Waals surface area contributed by atoms with Gasteiger partial charge >= 0.3 is 0 Å². The molecule has 0 bridgehead atoms. The van der Waals surface area contributed by atoms with Crippen molar-refractivity contribution >= 4 is 21.7 Å². The van der Waals surface area contributed by atoms with E-state index in [4.69, 9.17) is 0 Å². The molecule has 0 N–H and O–H groups in total. The molecule has 27 heavy (non-hydrogen) atoms. The topological polar surface area (TPSA) is 88.4 Å². The lowest BCUT2D eigenvalue weighted by atomic mass is 10.3. The van der Waals surface area contributed by atoms with E-state index in [1.54, 1.807) is 59.7 Å². The molecule has 138 valence electrons. The fourth-order valence-corrected chi connectivity index (χ4v) is 4.33. The summed E-state index contributed by atoms with van der Waals surface area (Å²) >= 11 is 0. The average molecular weight is 383 g/mol. The molecular formula is C18H17N5O3S. The number of carbonyl (C=O) groups excluding carboxylic acids is 1. The van der Waals surface area contributed by atoms with Gasteiger partial charge in [-0.1, -0.05) is 6.07 Å². The van der Waals surface area contributed by atoms with Gasteiger partial charge in [0.1, 0.15) is 5.82 Å². The van der Waals surface area contributed by atoms with E-state index >= 15 is 0 Å². The molecular weight excluding hydrogens is 366 g/mol. The second-order valence-corrected chi connectivity index (χ2v) is 7.95. The molecule has 1 fully saturated rings. The summed E-state index contributed by atoms with van der Waals surface area (Å²) in [5, 5.41) is 4.12. The van der Waals surface area contributed by atoms with Gasteiger partial charge in [-0.3, -0.25) is 9.69 Å². The number of carbonyl (C=O) groups is 1. The molecule has 9 heteroatoms. The molecule has 1 aliphatic heterocycles. The lowest BCUT2D eigenvalue weighted by Crippen LogP contribution is -2.52. The van der Waals surface area contributed by atoms with Crippen LogP contribution < -0.4 is 4.90 Å². The molecule has 0 unspecified atom stereocenters. The third-order valence-electron chi connectivity index (χ3n) is 4.35. The lowest BCUT2D eigenvalue weighted by Gasteiger charge is -2.32. The number of anilines is 1. The maximum atomic E-state index is 12.9. The van der Waals surface area contributed by atoms with Crippen LogP contribution in [0.15, 0.2) is 72.0 Å². The van der Waals surface area contributed by atoms with Crippen LogP contribution in [0.4, 0.5) is 5.82 Å². The van der Waals surface area contributed by atoms with E-state index in [9.17, 15) is 13.2 Å². The molecule has 3 heterocycles. The van der Waals surface area contributed by atoms with Crippen molar-refractivity contribution in [3.63, 3.8) is 0 Å². The van der Waals surface area contributed by atoms with Gasteiger partial charge in [0.2, 0.25) is 15.9 Å². The Bertz CT molecular complexity index is 1030. The normalized spacial score (nSPS) is 15.9. The number of hydrogen-bond donors (Lipinski definition) is 0. The number of piperazine rings is 1. The maximum absolute atomic E-state index is 12.9. The zero-order valence-electron chi connectivity index (χ0n) is 14.3. The highest BCUT2D eigenvalue weighted by Crippen LogP contribution is 2.21. The molecule has 0 radical (unpaired) electrons. The average Bonchev–Trinajstić information content (AvgIpc) is 3.23. The Morgan fingerprint density at radius 2 is 1.74 bits per heavy atom. The van der Waals surface area contributed by atoms with Crippen LogP contribution in [0, 0.1) is 0 Å². The van der Waals surface area contributed by atoms with Crippen LogP contribution in [0.2, 0.25) is 0 Å². The van der Waals surface area contributed by atoms with Gasteiger partial charge in [-0.25, -0.2) is 18.1 Å². The molecule has 1 saturated heterocycles. The summed E-state index contributed by atoms with van der Waals surface area (Å²) in [6.45, 7) is 0.270. The number of nitrogens with zero attached hydrogens (tertiary/aromatic N) is 5. The third kappa shape index (κ3) is 3.34. The molecule has 0 saturated carbocycles. The first-order chi connectivity index (χ1) is 13.1. The Morgan fingerprint density at radius 3 is 2.37 bits per heavy atom. The Kier molecular flexibility index (Phi) is 4.46. The van der Waals surface area contributed by atoms with Crippen LogP contribution in [0.5, 0.6) is 0 Å². The van der Waals surface area contributed by atoms with Crippen LogP contribution in [-0.4, -0.2) is 53.0 Å². The maximum Gasteiger partial charge on any atom is 0.243 e. The summed E-state index contributed by atoms with van der Waals surface area (Å²) < 4.78 is 28.6. The summed E-state index contributed by atoms with van der Waals surface area (Å²) in [5.74, 6) is 0.236. The van der Waals surface area contributed by atoms with Crippen molar-refractivity contribution in [2.75, 3.05) is 24.5 Å². The van der Waals surface area contributed by atoms with E-state index in [1.807, 2.05) is 0 Å². The van der Waals surface area contributed by atoms with Crippen LogP contribution in [-0.2, 0) is 14.8 Å². The Morgan fingerprint density at radius 1 is 0.926 bits per heavy atom. The van der Waals surface area contributed by atoms with Crippen LogP contribution >= 0.6 is 0 Å². The molecule has 3 aromatic rings. The second kappa shape index (κ2) is 6.93. The highest BCUT2D eigenvalue weighted by Gasteiger charge is 2.33. The molecule has 2 aromatic heterocycles. The Labute approximate surface area is 156 Å². The number of benzene rings is 1. The summed E-state index contributed by atoms with van der Waals surface area (Å²) in [4.78, 5) is 18.3. The number of hydrogen-bond acceptors (Lipinski definition) is 5. The second-order valence-electron chi connectivity index (χ2n) is 6.02. The predicted octanol–water partition coefficient (Wildman–Crippen LogP) is 1.30. The number of rotatable bonds is 4. The molecule has 1 amide bonds. The highest BCUT2D eigenvalue weighted by molar-refractivity contribution is 7.89. The number of sulfonamides is 1. The zero-order valence-corrected chi connectivity index (χ0v) is 15.2. The van der Waals surface area contributed by atoms with Gasteiger partial charge in [-0.2, -0.15) is 9.40 Å². The Balaban J connectivity index is 1.52. The third-order valence-corrected chi connectivity index (χ3v) is 6.21. The van der Waals surface area contributed by atoms with Crippen molar-refractivity contribution < 1.29 is 13.2 Å². The van der Waals surface area contributed by atoms with Gasteiger partial charge in [0.15, 0.2) is 0 Å². The van der Waals surface area contributed by atoms with Crippen molar-refractivity contribution in [1.29, 1.82) is 0 Å². The van der Waals surface area contributed by atoms with Gasteiger partial charge in [0.05, 0.1) is 17.1 Å². The first-order valence-corrected chi connectivity index (χ1v) is 9.81. The smallest absolute Gasteiger partial charge is 0.243 e. The van der Waals surface area contributed by atoms with Gasteiger partial charge in [-0.15, -0.1) is 0 Å². The van der Waals surface area contributed by atoms with Crippen molar-refractivity contribution in [2.24, 2.45) is 0 Å². The van der Waals surface area contributed by atoms with Crippen molar-refractivity contribution in [2.45, 2.75) is 4.90 Å². The number of aromatic nitrogens is 3. The van der Waals surface area contributed by atoms with E-state index in [0.717, 1.165) is 5.69 Å². The summed E-state index contributed by atoms with van der Waals surface area (Å²) in [7, 11) is -3.75. The fourth-order valence-electron chi connectivity index (χ4n) is 2.95. The Hall–Kier alpha value is -3.04. The van der Waals surface area contributed by atoms with Crippen LogP contribution in [0.25, 0.3) is 5.69 Å². The van der Waals surface area contributed by atoms with Gasteiger partial charge < -0.3 is 0 Å². The number of amides is 1. The van der Waals surface area contributed by atoms with Gasteiger partial charge in [0.25, 0.3) is 0 Å². The van der Waals surface area contributed by atoms with E-state index < -0.39 is 10.0 Å². The van der Waals surface area contributed by atoms with Crippen molar-refractivity contribution in [3.8, 4) is 5.69 Å². The molecule has 1 aromatic carbocycles. The molecule has 0 spiro atoms. The monoisotopic (exact) mass is 383 g/mol. The summed E-state index contributed by atoms with van der Waals surface area (Å²) in [5.41, 5.74) is 0.759. The fraction of sp³-hybridized carbons (Fsp3) is 0.167. The minimum Gasteiger partial charge on any atom is -0.294 e. The molecule has 1 aliphatic rings. The first-order valence-electron chi connectivity index (χ1n) is 8.37. The van der Waals surface area contributed by atoms with Crippen molar-refractivity contribution in [3.05, 3.63) is 67.1 Å². The van der Waals surface area contributed by atoms with Crippen molar-refractivity contribution in [1.82, 2.24) is 19.1 Å². The molecule has 4 rings (SSSR count). The van der Waals surface area contributed by atoms with E-state index in [1.165, 1.54) is 21.3 Å². The lowest BCUT2D eigenvalue weighted by molar-refractivity contribution is -0.120. The minimum absolute atomic E-state index is 0.150. The largest absolute Gasteiger partial charge is 0.294 e. The standard InChI is InChI=1S/C18H17N5O3S/c24-18-14-21(12-13-22(18)17-4-1-2-9-19-17)27(25,26)16-7-5-15(6-8-16)23-11-3-10-20-23/h1-11H,12-14H2. The van der Waals surface area contributed by atoms with E-state index in [0.29, 0.717) is 5.82 Å². The zero-order chi connectivity index (χ0) is 18.9. The first kappa shape index (κ1) is 17.4. The molecule has 0 atom stereocenters. The van der Waals surface area contributed by atoms with Gasteiger partial charge in [-0.05, 0) is 42.5 Å². The predicted molar refractivity (Wildman–Crippen MR) is 98.9 cm³/mol. The highest BCUT2D eigenvalue weighted by atomic mass is 32.2. The molecule has 8 nitrogen and oxygen atoms in total. The summed E-state index contributed by atoms with van der Waals surface area (Å²) in [6, 6.07) is 13.5. The van der Waals surface area contributed by atoms with Gasteiger partial charge in [0, 0.05) is 31.7 Å². The molecule has 0 aliphatic carbocycles. The SMILES string of the molecule is O=C1CN(S(=O)(=O)c2ccc(-n3cccn3)cc2)CCN1c1ccccn1. The van der Waals surface area contributed by atoms with E-state index in [2.05, 4.69) is 10.1 Å². The van der Waals surface area contributed by atoms with Crippen LogP contribution in [0.1, 0.15) is 0 Å². The minimum atomic E-state index is -3.75. The quantitative estimate of drug-likeness (QED) is 0.678. The summed E-state index contributed by atoms with van der Waals surface area (Å²) in [6.07, 6.45) is 5.03. The van der Waals surface area contributed by atoms with Crippen LogP contribution in [0.3, 0.4) is 0 Å². The van der Waals surface area contributed by atoms with E-state index in [-0.39, 0.29) is 30.4 Å².